The molecule has 3 aliphatic rings. The standard InChI is InChI=1S/C17H24N4O3S/c1-3-15-20-16-13(22)7-8-14-17(16,9-6-10-18-14)21(15)12-5-4-11-19-25(2,23)24/h6,8-10,15,19H,3-5,7,11-12H2,1-2H3. The van der Waals surface area contributed by atoms with Gasteiger partial charge in [-0.3, -0.25) is 19.7 Å². The number of ketones is 1. The van der Waals surface area contributed by atoms with Gasteiger partial charge in [0.05, 0.1) is 12.0 Å². The normalized spacial score (nSPS) is 28.6. The van der Waals surface area contributed by atoms with Crippen LogP contribution < -0.4 is 4.72 Å². The fourth-order valence-electron chi connectivity index (χ4n) is 3.70. The monoisotopic (exact) mass is 364 g/mol. The number of Topliss-reactive ketones (excluding diaryl/α,β-unsaturated/α-hetero) is 1. The van der Waals surface area contributed by atoms with E-state index in [-0.39, 0.29) is 11.9 Å². The van der Waals surface area contributed by atoms with Gasteiger partial charge in [0.25, 0.3) is 0 Å². The third-order valence-corrected chi connectivity index (χ3v) is 5.51. The van der Waals surface area contributed by atoms with E-state index in [0.29, 0.717) is 18.7 Å². The van der Waals surface area contributed by atoms with Crippen molar-refractivity contribution >= 4 is 27.7 Å². The molecule has 2 unspecified atom stereocenters. The van der Waals surface area contributed by atoms with E-state index in [1.807, 2.05) is 18.2 Å². The molecule has 0 fully saturated rings. The Morgan fingerprint density at radius 2 is 2.20 bits per heavy atom. The molecule has 0 aromatic rings. The highest BCUT2D eigenvalue weighted by Crippen LogP contribution is 2.42. The van der Waals surface area contributed by atoms with Crippen LogP contribution in [0.5, 0.6) is 0 Å². The van der Waals surface area contributed by atoms with Crippen LogP contribution in [0.3, 0.4) is 0 Å². The third-order valence-electron chi connectivity index (χ3n) is 4.78. The average Bonchev–Trinajstić information content (AvgIpc) is 2.88. The van der Waals surface area contributed by atoms with Gasteiger partial charge in [-0.25, -0.2) is 13.1 Å². The first-order chi connectivity index (χ1) is 11.9. The number of nitrogens with zero attached hydrogens (tertiary/aromatic N) is 3. The quantitative estimate of drug-likeness (QED) is 0.684. The van der Waals surface area contributed by atoms with Crippen LogP contribution >= 0.6 is 0 Å². The lowest BCUT2D eigenvalue weighted by molar-refractivity contribution is -0.112. The Hall–Kier alpha value is -1.64. The van der Waals surface area contributed by atoms with Crippen LogP contribution in [-0.4, -0.2) is 62.1 Å². The fraction of sp³-hybridized carbons (Fsp3) is 0.588. The molecule has 0 saturated carbocycles. The largest absolute Gasteiger partial charge is 0.292 e. The number of nitrogens with one attached hydrogen (secondary N) is 1. The van der Waals surface area contributed by atoms with Gasteiger partial charge in [-0.1, -0.05) is 19.1 Å². The Balaban J connectivity index is 1.77. The summed E-state index contributed by atoms with van der Waals surface area (Å²) in [6, 6.07) is 0. The van der Waals surface area contributed by atoms with Crippen molar-refractivity contribution in [3.63, 3.8) is 0 Å². The molecule has 3 rings (SSSR count). The van der Waals surface area contributed by atoms with E-state index in [0.717, 1.165) is 37.8 Å². The summed E-state index contributed by atoms with van der Waals surface area (Å²) in [5.41, 5.74) is 0.826. The van der Waals surface area contributed by atoms with Crippen LogP contribution in [0.1, 0.15) is 32.6 Å². The maximum Gasteiger partial charge on any atom is 0.208 e. The maximum atomic E-state index is 12.5. The molecule has 0 amide bonds. The van der Waals surface area contributed by atoms with Crippen molar-refractivity contribution in [1.82, 2.24) is 9.62 Å². The lowest BCUT2D eigenvalue weighted by atomic mass is 9.79. The van der Waals surface area contributed by atoms with Gasteiger partial charge in [0, 0.05) is 25.7 Å². The number of hydrogen-bond donors (Lipinski definition) is 1. The lowest BCUT2D eigenvalue weighted by Crippen LogP contribution is -2.56. The van der Waals surface area contributed by atoms with E-state index in [9.17, 15) is 13.2 Å². The number of aliphatic imine (C=N–C) groups is 2. The molecule has 1 spiro atoms. The zero-order valence-electron chi connectivity index (χ0n) is 14.6. The summed E-state index contributed by atoms with van der Waals surface area (Å²) < 4.78 is 24.8. The van der Waals surface area contributed by atoms with Crippen LogP contribution in [0.25, 0.3) is 0 Å². The van der Waals surface area contributed by atoms with Crippen LogP contribution in [-0.2, 0) is 14.8 Å². The van der Waals surface area contributed by atoms with Gasteiger partial charge < -0.3 is 0 Å². The smallest absolute Gasteiger partial charge is 0.208 e. The van der Waals surface area contributed by atoms with Gasteiger partial charge in [-0.15, -0.1) is 0 Å². The predicted molar refractivity (Wildman–Crippen MR) is 98.4 cm³/mol. The topological polar surface area (TPSA) is 91.2 Å². The molecule has 0 saturated heterocycles. The molecular weight excluding hydrogens is 340 g/mol. The van der Waals surface area contributed by atoms with Crippen LogP contribution in [0.4, 0.5) is 0 Å². The minimum Gasteiger partial charge on any atom is -0.292 e. The zero-order chi connectivity index (χ0) is 18.1. The zero-order valence-corrected chi connectivity index (χ0v) is 15.4. The molecule has 1 aliphatic carbocycles. The minimum absolute atomic E-state index is 0.0544. The SMILES string of the molecule is CCC1N=C2C(=O)CC=C3N=CC=CC32N1CCCCNS(C)(=O)=O. The van der Waals surface area contributed by atoms with E-state index in [1.54, 1.807) is 6.21 Å². The average molecular weight is 364 g/mol. The van der Waals surface area contributed by atoms with E-state index in [1.165, 1.54) is 0 Å². The Labute approximate surface area is 148 Å². The summed E-state index contributed by atoms with van der Waals surface area (Å²) in [6.45, 7) is 3.20. The van der Waals surface area contributed by atoms with Gasteiger partial charge in [-0.05, 0) is 25.3 Å². The number of carbonyl (C=O) groups is 1. The van der Waals surface area contributed by atoms with Crippen molar-refractivity contribution in [1.29, 1.82) is 0 Å². The molecule has 8 heteroatoms. The summed E-state index contributed by atoms with van der Waals surface area (Å²) in [4.78, 5) is 23.9. The first kappa shape index (κ1) is 18.2. The van der Waals surface area contributed by atoms with Crippen LogP contribution in [0, 0.1) is 0 Å². The Morgan fingerprint density at radius 1 is 1.40 bits per heavy atom. The van der Waals surface area contributed by atoms with E-state index >= 15 is 0 Å². The number of sulfonamides is 1. The molecule has 136 valence electrons. The molecule has 2 atom stereocenters. The van der Waals surface area contributed by atoms with Crippen molar-refractivity contribution in [3.05, 3.63) is 23.9 Å². The summed E-state index contributed by atoms with van der Waals surface area (Å²) in [5.74, 6) is 0.0604. The molecule has 0 aromatic carbocycles. The molecular formula is C17H24N4O3S. The van der Waals surface area contributed by atoms with Crippen molar-refractivity contribution in [2.24, 2.45) is 9.98 Å². The molecule has 0 bridgehead atoms. The number of allylic oxidation sites excluding steroid dienone is 2. The van der Waals surface area contributed by atoms with Gasteiger partial charge in [0.2, 0.25) is 10.0 Å². The molecule has 2 aliphatic heterocycles. The van der Waals surface area contributed by atoms with Gasteiger partial charge in [0.15, 0.2) is 5.78 Å². The summed E-state index contributed by atoms with van der Waals surface area (Å²) in [7, 11) is -3.16. The number of hydrogen-bond acceptors (Lipinski definition) is 6. The van der Waals surface area contributed by atoms with Gasteiger partial charge in [0.1, 0.15) is 17.4 Å². The highest BCUT2D eigenvalue weighted by atomic mass is 32.2. The number of rotatable bonds is 7. The second-order valence-corrected chi connectivity index (χ2v) is 8.39. The summed E-state index contributed by atoms with van der Waals surface area (Å²) in [5, 5.41) is 0. The predicted octanol–water partition coefficient (Wildman–Crippen LogP) is 1.04. The first-order valence-electron chi connectivity index (χ1n) is 8.64. The van der Waals surface area contributed by atoms with Crippen molar-refractivity contribution < 1.29 is 13.2 Å². The molecule has 25 heavy (non-hydrogen) atoms. The van der Waals surface area contributed by atoms with Crippen molar-refractivity contribution in [2.75, 3.05) is 19.3 Å². The van der Waals surface area contributed by atoms with Crippen molar-refractivity contribution in [3.8, 4) is 0 Å². The molecule has 7 nitrogen and oxygen atoms in total. The van der Waals surface area contributed by atoms with E-state index in [2.05, 4.69) is 21.5 Å². The van der Waals surface area contributed by atoms with Crippen molar-refractivity contribution in [2.45, 2.75) is 44.3 Å². The Morgan fingerprint density at radius 3 is 2.92 bits per heavy atom. The number of carbonyl (C=O) groups excluding carboxylic acids is 1. The fourth-order valence-corrected chi connectivity index (χ4v) is 4.22. The Bertz CT molecular complexity index is 782. The molecule has 0 radical (unpaired) electrons. The van der Waals surface area contributed by atoms with Gasteiger partial charge in [-0.2, -0.15) is 0 Å². The number of unbranched alkanes of at least 4 members (excludes halogenated alkanes) is 1. The first-order valence-corrected chi connectivity index (χ1v) is 10.5. The van der Waals surface area contributed by atoms with E-state index in [4.69, 9.17) is 4.99 Å². The second kappa shape index (κ2) is 6.93. The van der Waals surface area contributed by atoms with Crippen LogP contribution in [0.2, 0.25) is 0 Å². The molecule has 1 N–H and O–H groups in total. The maximum absolute atomic E-state index is 12.5. The van der Waals surface area contributed by atoms with E-state index < -0.39 is 15.6 Å². The third kappa shape index (κ3) is 3.38. The molecule has 0 aromatic heterocycles. The molecule has 2 heterocycles. The van der Waals surface area contributed by atoms with Crippen LogP contribution in [0.15, 0.2) is 33.9 Å². The second-order valence-electron chi connectivity index (χ2n) is 6.55. The summed E-state index contributed by atoms with van der Waals surface area (Å²) >= 11 is 0. The van der Waals surface area contributed by atoms with Gasteiger partial charge >= 0.3 is 0 Å². The highest BCUT2D eigenvalue weighted by Gasteiger charge is 2.54. The Kier molecular flexibility index (Phi) is 5.04. The summed E-state index contributed by atoms with van der Waals surface area (Å²) in [6.07, 6.45) is 11.3. The highest BCUT2D eigenvalue weighted by molar-refractivity contribution is 7.88. The minimum atomic E-state index is -3.16. The lowest BCUT2D eigenvalue weighted by Gasteiger charge is -2.41. The number of dihydropyridines is 1.